The van der Waals surface area contributed by atoms with E-state index in [-0.39, 0.29) is 41.6 Å². The van der Waals surface area contributed by atoms with Crippen LogP contribution in [0.1, 0.15) is 139 Å². The van der Waals surface area contributed by atoms with E-state index in [9.17, 15) is 34.8 Å². The molecular weight excluding hydrogens is 677 g/mol. The molecule has 0 heterocycles. The normalized spacial score (nSPS) is 31.1. The van der Waals surface area contributed by atoms with Gasteiger partial charge in [0.1, 0.15) is 22.8 Å². The molecule has 1 unspecified atom stereocenters. The highest BCUT2D eigenvalue weighted by Crippen LogP contribution is 2.65. The van der Waals surface area contributed by atoms with Gasteiger partial charge in [-0.15, -0.1) is 0 Å². The summed E-state index contributed by atoms with van der Waals surface area (Å²) in [6.07, 6.45) is 11.0. The molecule has 4 atom stereocenters. The number of carbonyl (C=O) groups is 3. The number of benzene rings is 2. The third-order valence-corrected chi connectivity index (χ3v) is 14.0. The van der Waals surface area contributed by atoms with Gasteiger partial charge in [0.25, 0.3) is 0 Å². The predicted molar refractivity (Wildman–Crippen MR) is 211 cm³/mol. The Bertz CT molecular complexity index is 2100. The first-order chi connectivity index (χ1) is 25.4. The third-order valence-electron chi connectivity index (χ3n) is 14.0. The Balaban J connectivity index is 1.22. The molecule has 286 valence electrons. The topological polar surface area (TPSA) is 132 Å². The zero-order valence-electron chi connectivity index (χ0n) is 33.1. The lowest BCUT2D eigenvalue weighted by molar-refractivity contribution is -0.178. The fourth-order valence-electron chi connectivity index (χ4n) is 11.6. The zero-order chi connectivity index (χ0) is 39.2. The molecule has 0 aromatic heterocycles. The quantitative estimate of drug-likeness (QED) is 0.209. The van der Waals surface area contributed by atoms with Gasteiger partial charge in [-0.3, -0.25) is 14.4 Å². The van der Waals surface area contributed by atoms with Gasteiger partial charge in [0.15, 0.2) is 17.2 Å². The van der Waals surface area contributed by atoms with E-state index in [0.717, 1.165) is 30.0 Å². The average Bonchev–Trinajstić information content (AvgIpc) is 3.54. The number of aromatic hydroxyl groups is 1. The van der Waals surface area contributed by atoms with Crippen LogP contribution in [0.15, 0.2) is 65.0 Å². The van der Waals surface area contributed by atoms with Crippen LogP contribution in [0.4, 0.5) is 0 Å². The van der Waals surface area contributed by atoms with E-state index in [0.29, 0.717) is 23.8 Å². The lowest BCUT2D eigenvalue weighted by Gasteiger charge is -2.60. The molecule has 0 aliphatic heterocycles. The molecule has 0 saturated heterocycles. The first kappa shape index (κ1) is 38.1. The van der Waals surface area contributed by atoms with Crippen molar-refractivity contribution < 1.29 is 34.8 Å². The van der Waals surface area contributed by atoms with Crippen molar-refractivity contribution in [2.45, 2.75) is 124 Å². The minimum absolute atomic E-state index is 0.0190. The number of fused-ring (bicyclic) bond motifs is 3. The molecular formula is C47H56O7. The molecule has 5 aliphatic rings. The van der Waals surface area contributed by atoms with Crippen molar-refractivity contribution >= 4 is 28.7 Å². The van der Waals surface area contributed by atoms with E-state index in [2.05, 4.69) is 57.2 Å². The van der Waals surface area contributed by atoms with Crippen LogP contribution in [-0.4, -0.2) is 43.4 Å². The third kappa shape index (κ3) is 5.51. The number of ketones is 3. The van der Waals surface area contributed by atoms with Crippen molar-refractivity contribution in [1.82, 2.24) is 0 Å². The van der Waals surface area contributed by atoms with Gasteiger partial charge in [-0.25, -0.2) is 0 Å². The van der Waals surface area contributed by atoms with Gasteiger partial charge in [0, 0.05) is 27.9 Å². The van der Waals surface area contributed by atoms with Crippen molar-refractivity contribution in [2.24, 2.45) is 28.6 Å². The standard InChI is InChI=1S/C47H56O7/c1-24(2)33-21-34(31-18-15-29(20-31)19-28-13-16-30(17-14-28)32-12-10-9-11-26(32)5)40(49)37-35(33)22-45(7)23-46(8)38(25(3)4)41(50)36(27(6)48)43(52)47(46,54)44(53)39(45)42(37)51/h9-12,15,18,21,24-25,28,30,38,49,51-52,54H,13-14,16-17,19-20,22-23H2,1-8H3/t28?,30?,38?,45-,46-,47+/m1/s1. The van der Waals surface area contributed by atoms with Crippen molar-refractivity contribution in [3.8, 4) is 5.75 Å². The minimum atomic E-state index is -2.63. The van der Waals surface area contributed by atoms with Gasteiger partial charge >= 0.3 is 0 Å². The number of Topliss-reactive ketones (excluding diaryl/α,β-unsaturated/α-hetero) is 3. The molecule has 2 aromatic rings. The molecule has 2 fully saturated rings. The number of aliphatic hydroxyl groups is 3. The first-order valence-electron chi connectivity index (χ1n) is 19.9. The van der Waals surface area contributed by atoms with E-state index in [1.54, 1.807) is 6.92 Å². The summed E-state index contributed by atoms with van der Waals surface area (Å²) in [5.74, 6) is -3.81. The molecule has 0 amide bonds. The molecule has 4 N–H and O–H groups in total. The van der Waals surface area contributed by atoms with Gasteiger partial charge in [0.05, 0.1) is 5.56 Å². The number of allylic oxidation sites excluding steroid dienone is 5. The summed E-state index contributed by atoms with van der Waals surface area (Å²) in [6.45, 7) is 14.6. The number of hydrogen-bond donors (Lipinski definition) is 4. The van der Waals surface area contributed by atoms with Gasteiger partial charge in [0.2, 0.25) is 5.78 Å². The second-order valence-corrected chi connectivity index (χ2v) is 18.3. The maximum atomic E-state index is 14.8. The largest absolute Gasteiger partial charge is 0.508 e. The lowest BCUT2D eigenvalue weighted by atomic mass is 9.43. The van der Waals surface area contributed by atoms with E-state index in [1.807, 2.05) is 26.8 Å². The Morgan fingerprint density at radius 2 is 1.63 bits per heavy atom. The van der Waals surface area contributed by atoms with E-state index in [1.165, 1.54) is 42.4 Å². The Hall–Kier alpha value is -4.23. The minimum Gasteiger partial charge on any atom is -0.508 e. The van der Waals surface area contributed by atoms with Crippen LogP contribution in [0.5, 0.6) is 5.75 Å². The van der Waals surface area contributed by atoms with Crippen LogP contribution < -0.4 is 0 Å². The Morgan fingerprint density at radius 3 is 2.24 bits per heavy atom. The summed E-state index contributed by atoms with van der Waals surface area (Å²) >= 11 is 0. The van der Waals surface area contributed by atoms with Crippen molar-refractivity contribution in [1.29, 1.82) is 0 Å². The number of carbonyl (C=O) groups excluding carboxylic acids is 3. The van der Waals surface area contributed by atoms with Crippen LogP contribution >= 0.6 is 0 Å². The van der Waals surface area contributed by atoms with Crippen LogP contribution in [-0.2, 0) is 20.8 Å². The van der Waals surface area contributed by atoms with Gasteiger partial charge in [-0.05, 0) is 123 Å². The van der Waals surface area contributed by atoms with E-state index >= 15 is 0 Å². The van der Waals surface area contributed by atoms with Crippen LogP contribution in [0.2, 0.25) is 0 Å². The smallest absolute Gasteiger partial charge is 0.203 e. The van der Waals surface area contributed by atoms with Crippen molar-refractivity contribution in [3.63, 3.8) is 0 Å². The number of aryl methyl sites for hydroxylation is 1. The number of hydrogen-bond acceptors (Lipinski definition) is 7. The number of phenols is 1. The monoisotopic (exact) mass is 732 g/mol. The SMILES string of the molecule is CC(=O)C1=C(O)[C@]2(O)C(=O)C3=C(O)c4c(O)c(C5=CC=C(CC6CCC(c7ccccc7C)CC6)C5)cc(C(C)C)c4C[C@]3(C)C[C@]2(C)C(C(C)C)C1=O. The molecule has 5 aliphatic carbocycles. The van der Waals surface area contributed by atoms with Gasteiger partial charge in [-0.2, -0.15) is 0 Å². The molecule has 7 nitrogen and oxygen atoms in total. The van der Waals surface area contributed by atoms with E-state index in [4.69, 9.17) is 0 Å². The maximum absolute atomic E-state index is 14.8. The van der Waals surface area contributed by atoms with Crippen molar-refractivity contribution in [2.75, 3.05) is 0 Å². The fraction of sp³-hybridized carbons (Fsp3) is 0.511. The molecule has 0 bridgehead atoms. The summed E-state index contributed by atoms with van der Waals surface area (Å²) in [5.41, 5.74) is 1.78. The van der Waals surface area contributed by atoms with Crippen molar-refractivity contribution in [3.05, 3.63) is 98.3 Å². The molecule has 7 heteroatoms. The second kappa shape index (κ2) is 13.2. The maximum Gasteiger partial charge on any atom is 0.203 e. The highest BCUT2D eigenvalue weighted by molar-refractivity contribution is 6.24. The molecule has 2 aromatic carbocycles. The van der Waals surface area contributed by atoms with Crippen LogP contribution in [0, 0.1) is 35.5 Å². The molecule has 0 spiro atoms. The Morgan fingerprint density at radius 1 is 0.963 bits per heavy atom. The van der Waals surface area contributed by atoms with Gasteiger partial charge in [-0.1, -0.05) is 83.5 Å². The Kier molecular flexibility index (Phi) is 9.31. The Labute approximate surface area is 319 Å². The summed E-state index contributed by atoms with van der Waals surface area (Å²) in [6, 6.07) is 10.8. The lowest BCUT2D eigenvalue weighted by Crippen LogP contribution is -2.69. The van der Waals surface area contributed by atoms with E-state index < -0.39 is 56.8 Å². The second-order valence-electron chi connectivity index (χ2n) is 18.3. The summed E-state index contributed by atoms with van der Waals surface area (Å²) < 4.78 is 0. The number of aliphatic hydroxyl groups excluding tert-OH is 2. The summed E-state index contributed by atoms with van der Waals surface area (Å²) in [7, 11) is 0. The zero-order valence-corrected chi connectivity index (χ0v) is 33.1. The number of phenolic OH excluding ortho intramolecular Hbond substituents is 1. The molecule has 7 rings (SSSR count). The summed E-state index contributed by atoms with van der Waals surface area (Å²) in [4.78, 5) is 41.4. The molecule has 0 radical (unpaired) electrons. The molecule has 54 heavy (non-hydrogen) atoms. The summed E-state index contributed by atoms with van der Waals surface area (Å²) in [5, 5.41) is 48.3. The average molecular weight is 733 g/mol. The first-order valence-corrected chi connectivity index (χ1v) is 19.9. The van der Waals surface area contributed by atoms with Gasteiger partial charge < -0.3 is 20.4 Å². The highest BCUT2D eigenvalue weighted by Gasteiger charge is 2.72. The van der Waals surface area contributed by atoms with Crippen LogP contribution in [0.3, 0.4) is 0 Å². The van der Waals surface area contributed by atoms with Crippen LogP contribution in [0.25, 0.3) is 11.3 Å². The fourth-order valence-corrected chi connectivity index (χ4v) is 11.6. The molecule has 2 saturated carbocycles. The number of rotatable bonds is 7. The highest BCUT2D eigenvalue weighted by atomic mass is 16.3. The predicted octanol–water partition coefficient (Wildman–Crippen LogP) is 9.70.